The summed E-state index contributed by atoms with van der Waals surface area (Å²) in [5.41, 5.74) is 5.90. The normalized spacial score (nSPS) is 11.8. The van der Waals surface area contributed by atoms with E-state index in [1.54, 1.807) is 13.8 Å². The van der Waals surface area contributed by atoms with E-state index >= 15 is 0 Å². The lowest BCUT2D eigenvalue weighted by molar-refractivity contribution is 0.473. The molecule has 1 aromatic rings. The van der Waals surface area contributed by atoms with Gasteiger partial charge in [0.25, 0.3) is 0 Å². The third kappa shape index (κ3) is 2.27. The molecular formula is C9H11Cl2NO. The van der Waals surface area contributed by atoms with Gasteiger partial charge < -0.3 is 10.8 Å². The highest BCUT2D eigenvalue weighted by Gasteiger charge is 2.21. The van der Waals surface area contributed by atoms with E-state index in [9.17, 15) is 5.11 Å². The Labute approximate surface area is 87.3 Å². The van der Waals surface area contributed by atoms with Crippen LogP contribution in [0.1, 0.15) is 19.4 Å². The second kappa shape index (κ2) is 3.37. The Kier molecular flexibility index (Phi) is 2.76. The highest BCUT2D eigenvalue weighted by molar-refractivity contribution is 6.36. The Balaban J connectivity index is 3.38. The highest BCUT2D eigenvalue weighted by atomic mass is 35.5. The Morgan fingerprint density at radius 3 is 1.92 bits per heavy atom. The first-order valence-corrected chi connectivity index (χ1v) is 4.55. The SMILES string of the molecule is CC(C)(N)c1c(Cl)cc(O)cc1Cl. The number of hydrogen-bond donors (Lipinski definition) is 2. The van der Waals surface area contributed by atoms with Gasteiger partial charge >= 0.3 is 0 Å². The molecule has 13 heavy (non-hydrogen) atoms. The second-order valence-corrected chi connectivity index (χ2v) is 4.32. The van der Waals surface area contributed by atoms with Crippen LogP contribution in [-0.4, -0.2) is 5.11 Å². The van der Waals surface area contributed by atoms with E-state index in [-0.39, 0.29) is 5.75 Å². The summed E-state index contributed by atoms with van der Waals surface area (Å²) in [6, 6.07) is 2.86. The van der Waals surface area contributed by atoms with Crippen LogP contribution in [0.4, 0.5) is 0 Å². The number of rotatable bonds is 1. The van der Waals surface area contributed by atoms with Crippen LogP contribution in [-0.2, 0) is 5.54 Å². The number of benzene rings is 1. The smallest absolute Gasteiger partial charge is 0.118 e. The maximum Gasteiger partial charge on any atom is 0.118 e. The Morgan fingerprint density at radius 1 is 1.23 bits per heavy atom. The molecule has 0 radical (unpaired) electrons. The van der Waals surface area contributed by atoms with Gasteiger partial charge in [-0.2, -0.15) is 0 Å². The van der Waals surface area contributed by atoms with Gasteiger partial charge in [-0.25, -0.2) is 0 Å². The maximum atomic E-state index is 9.17. The zero-order valence-electron chi connectivity index (χ0n) is 7.44. The average molecular weight is 220 g/mol. The van der Waals surface area contributed by atoms with Gasteiger partial charge in [-0.15, -0.1) is 0 Å². The van der Waals surface area contributed by atoms with E-state index in [1.807, 2.05) is 0 Å². The summed E-state index contributed by atoms with van der Waals surface area (Å²) in [7, 11) is 0. The molecule has 2 nitrogen and oxygen atoms in total. The van der Waals surface area contributed by atoms with Crippen molar-refractivity contribution in [2.75, 3.05) is 0 Å². The lowest BCUT2D eigenvalue weighted by Crippen LogP contribution is -2.29. The van der Waals surface area contributed by atoms with Crippen molar-refractivity contribution >= 4 is 23.2 Å². The molecule has 0 spiro atoms. The molecule has 1 rings (SSSR count). The van der Waals surface area contributed by atoms with Crippen LogP contribution in [0.5, 0.6) is 5.75 Å². The lowest BCUT2D eigenvalue weighted by Gasteiger charge is -2.22. The Bertz CT molecular complexity index is 308. The van der Waals surface area contributed by atoms with E-state index in [1.165, 1.54) is 12.1 Å². The van der Waals surface area contributed by atoms with E-state index in [2.05, 4.69) is 0 Å². The van der Waals surface area contributed by atoms with Gasteiger partial charge in [0.2, 0.25) is 0 Å². The van der Waals surface area contributed by atoms with Gasteiger partial charge in [-0.05, 0) is 26.0 Å². The van der Waals surface area contributed by atoms with Gasteiger partial charge in [0.15, 0.2) is 0 Å². The minimum Gasteiger partial charge on any atom is -0.508 e. The standard InChI is InChI=1S/C9H11Cl2NO/c1-9(2,12)8-6(10)3-5(13)4-7(8)11/h3-4,13H,12H2,1-2H3. The molecule has 0 unspecified atom stereocenters. The average Bonchev–Trinajstić information content (AvgIpc) is 1.78. The molecule has 0 aliphatic carbocycles. The van der Waals surface area contributed by atoms with Crippen LogP contribution in [0.2, 0.25) is 10.0 Å². The van der Waals surface area contributed by atoms with Crippen LogP contribution in [0.15, 0.2) is 12.1 Å². The summed E-state index contributed by atoms with van der Waals surface area (Å²) in [6.45, 7) is 3.61. The van der Waals surface area contributed by atoms with E-state index in [0.717, 1.165) is 0 Å². The van der Waals surface area contributed by atoms with Gasteiger partial charge in [0.05, 0.1) is 10.0 Å². The first-order chi connectivity index (χ1) is 5.82. The monoisotopic (exact) mass is 219 g/mol. The highest BCUT2D eigenvalue weighted by Crippen LogP contribution is 2.35. The summed E-state index contributed by atoms with van der Waals surface area (Å²) in [5.74, 6) is 0.0444. The number of aromatic hydroxyl groups is 1. The summed E-state index contributed by atoms with van der Waals surface area (Å²) in [4.78, 5) is 0. The Morgan fingerprint density at radius 2 is 1.62 bits per heavy atom. The molecule has 4 heteroatoms. The molecule has 0 amide bonds. The third-order valence-electron chi connectivity index (χ3n) is 1.67. The summed E-state index contributed by atoms with van der Waals surface area (Å²) >= 11 is 11.8. The molecule has 0 saturated heterocycles. The number of phenolic OH excluding ortho intramolecular Hbond substituents is 1. The van der Waals surface area contributed by atoms with Crippen molar-refractivity contribution in [1.29, 1.82) is 0 Å². The Hall–Kier alpha value is -0.440. The first kappa shape index (κ1) is 10.6. The number of hydrogen-bond acceptors (Lipinski definition) is 2. The fourth-order valence-corrected chi connectivity index (χ4v) is 2.14. The van der Waals surface area contributed by atoms with Crippen molar-refractivity contribution in [2.24, 2.45) is 5.73 Å². The van der Waals surface area contributed by atoms with Crippen LogP contribution in [0.25, 0.3) is 0 Å². The molecule has 0 heterocycles. The second-order valence-electron chi connectivity index (χ2n) is 3.51. The molecule has 0 saturated carbocycles. The number of nitrogens with two attached hydrogens (primary N) is 1. The van der Waals surface area contributed by atoms with Gasteiger partial charge in [-0.1, -0.05) is 23.2 Å². The van der Waals surface area contributed by atoms with Crippen molar-refractivity contribution in [1.82, 2.24) is 0 Å². The van der Waals surface area contributed by atoms with Crippen molar-refractivity contribution in [3.63, 3.8) is 0 Å². The van der Waals surface area contributed by atoms with Gasteiger partial charge in [-0.3, -0.25) is 0 Å². The molecule has 0 aromatic heterocycles. The van der Waals surface area contributed by atoms with E-state index < -0.39 is 5.54 Å². The van der Waals surface area contributed by atoms with Crippen molar-refractivity contribution in [2.45, 2.75) is 19.4 Å². The maximum absolute atomic E-state index is 9.17. The summed E-state index contributed by atoms with van der Waals surface area (Å²) in [6.07, 6.45) is 0. The molecular weight excluding hydrogens is 209 g/mol. The summed E-state index contributed by atoms with van der Waals surface area (Å²) in [5, 5.41) is 9.95. The molecule has 0 fully saturated rings. The molecule has 0 aliphatic rings. The van der Waals surface area contributed by atoms with Gasteiger partial charge in [0.1, 0.15) is 5.75 Å². The van der Waals surface area contributed by atoms with Crippen molar-refractivity contribution < 1.29 is 5.11 Å². The first-order valence-electron chi connectivity index (χ1n) is 3.79. The molecule has 0 atom stereocenters. The molecule has 0 bridgehead atoms. The third-order valence-corrected chi connectivity index (χ3v) is 2.27. The van der Waals surface area contributed by atoms with Crippen molar-refractivity contribution in [3.05, 3.63) is 27.7 Å². The minimum absolute atomic E-state index is 0.0444. The van der Waals surface area contributed by atoms with Crippen LogP contribution >= 0.6 is 23.2 Å². The van der Waals surface area contributed by atoms with Crippen LogP contribution in [0.3, 0.4) is 0 Å². The van der Waals surface area contributed by atoms with Gasteiger partial charge in [0, 0.05) is 11.1 Å². The van der Waals surface area contributed by atoms with Crippen molar-refractivity contribution in [3.8, 4) is 5.75 Å². The molecule has 1 aromatic carbocycles. The molecule has 3 N–H and O–H groups in total. The minimum atomic E-state index is -0.609. The zero-order chi connectivity index (χ0) is 10.2. The molecule has 0 aliphatic heterocycles. The van der Waals surface area contributed by atoms with Crippen LogP contribution < -0.4 is 5.73 Å². The predicted molar refractivity (Wildman–Crippen MR) is 55.3 cm³/mol. The number of halogens is 2. The zero-order valence-corrected chi connectivity index (χ0v) is 8.95. The lowest BCUT2D eigenvalue weighted by atomic mass is 9.95. The largest absolute Gasteiger partial charge is 0.508 e. The quantitative estimate of drug-likeness (QED) is 0.764. The summed E-state index contributed by atoms with van der Waals surface area (Å²) < 4.78 is 0. The predicted octanol–water partition coefficient (Wildman–Crippen LogP) is 2.89. The van der Waals surface area contributed by atoms with Crippen LogP contribution in [0, 0.1) is 0 Å². The molecule has 72 valence electrons. The fraction of sp³-hybridized carbons (Fsp3) is 0.333. The number of phenols is 1. The topological polar surface area (TPSA) is 46.2 Å². The van der Waals surface area contributed by atoms with E-state index in [0.29, 0.717) is 15.6 Å². The van der Waals surface area contributed by atoms with E-state index in [4.69, 9.17) is 28.9 Å². The fourth-order valence-electron chi connectivity index (χ4n) is 1.18.